The van der Waals surface area contributed by atoms with Crippen molar-refractivity contribution in [2.24, 2.45) is 5.10 Å². The monoisotopic (exact) mass is 401 g/mol. The van der Waals surface area contributed by atoms with E-state index in [1.807, 2.05) is 0 Å². The van der Waals surface area contributed by atoms with E-state index in [9.17, 15) is 18.3 Å². The second-order valence-electron chi connectivity index (χ2n) is 5.38. The van der Waals surface area contributed by atoms with E-state index >= 15 is 0 Å². The third-order valence-corrected chi connectivity index (χ3v) is 6.19. The molecular weight excluding hydrogens is 386 g/mol. The number of para-hydroxylation sites is 1. The number of anilines is 1. The van der Waals surface area contributed by atoms with Crippen LogP contribution in [0.2, 0.25) is 0 Å². The average molecular weight is 401 g/mol. The first-order valence-corrected chi connectivity index (χ1v) is 10.1. The zero-order valence-electron chi connectivity index (χ0n) is 13.9. The molecular formula is C18H15N3O4S2. The smallest absolute Gasteiger partial charge is 0.273 e. The Morgan fingerprint density at radius 1 is 1.07 bits per heavy atom. The molecule has 0 fully saturated rings. The molecule has 0 spiro atoms. The average Bonchev–Trinajstić information content (AvgIpc) is 3.17. The summed E-state index contributed by atoms with van der Waals surface area (Å²) in [4.78, 5) is 12.4. The number of nitrogens with zero attached hydrogens (tertiary/aromatic N) is 1. The van der Waals surface area contributed by atoms with Gasteiger partial charge in [-0.15, -0.1) is 11.3 Å². The van der Waals surface area contributed by atoms with Crippen LogP contribution < -0.4 is 10.1 Å². The van der Waals surface area contributed by atoms with Gasteiger partial charge in [-0.3, -0.25) is 9.52 Å². The summed E-state index contributed by atoms with van der Waals surface area (Å²) in [6.45, 7) is 0. The van der Waals surface area contributed by atoms with Crippen LogP contribution in [0.15, 0.2) is 75.4 Å². The number of rotatable bonds is 6. The highest BCUT2D eigenvalue weighted by molar-refractivity contribution is 7.94. The molecule has 1 aromatic heterocycles. The molecule has 0 aliphatic rings. The molecule has 3 aromatic rings. The minimum Gasteiger partial charge on any atom is -0.508 e. The topological polar surface area (TPSA) is 108 Å². The van der Waals surface area contributed by atoms with Crippen LogP contribution in [0.1, 0.15) is 15.9 Å². The molecule has 0 unspecified atom stereocenters. The van der Waals surface area contributed by atoms with Crippen molar-refractivity contribution < 1.29 is 18.3 Å². The molecule has 138 valence electrons. The summed E-state index contributed by atoms with van der Waals surface area (Å²) in [5.41, 5.74) is 3.22. The summed E-state index contributed by atoms with van der Waals surface area (Å²) in [6, 6.07) is 15.7. The summed E-state index contributed by atoms with van der Waals surface area (Å²) in [6.07, 6.45) is 1.37. The number of aromatic hydroxyl groups is 1. The highest BCUT2D eigenvalue weighted by Gasteiger charge is 2.19. The quantitative estimate of drug-likeness (QED) is 0.436. The van der Waals surface area contributed by atoms with Gasteiger partial charge in [0, 0.05) is 0 Å². The number of carbonyl (C=O) groups excluding carboxylic acids is 1. The number of benzene rings is 2. The van der Waals surface area contributed by atoms with Crippen molar-refractivity contribution in [3.63, 3.8) is 0 Å². The van der Waals surface area contributed by atoms with Gasteiger partial charge in [-0.2, -0.15) is 5.10 Å². The molecule has 0 aliphatic carbocycles. The molecule has 0 saturated heterocycles. The van der Waals surface area contributed by atoms with Crippen LogP contribution in [0.25, 0.3) is 0 Å². The van der Waals surface area contributed by atoms with Crippen LogP contribution in [-0.2, 0) is 10.0 Å². The summed E-state index contributed by atoms with van der Waals surface area (Å²) >= 11 is 1.08. The van der Waals surface area contributed by atoms with Crippen molar-refractivity contribution in [1.82, 2.24) is 5.43 Å². The Kier molecular flexibility index (Phi) is 5.53. The molecule has 0 aliphatic heterocycles. The van der Waals surface area contributed by atoms with Crippen molar-refractivity contribution >= 4 is 39.2 Å². The number of nitrogens with one attached hydrogen (secondary N) is 2. The third-order valence-electron chi connectivity index (χ3n) is 3.43. The first kappa shape index (κ1) is 18.6. The zero-order valence-corrected chi connectivity index (χ0v) is 15.5. The number of amides is 1. The van der Waals surface area contributed by atoms with Gasteiger partial charge in [0.1, 0.15) is 9.96 Å². The van der Waals surface area contributed by atoms with E-state index in [-0.39, 0.29) is 21.2 Å². The minimum absolute atomic E-state index is 0.0820. The maximum absolute atomic E-state index is 12.4. The van der Waals surface area contributed by atoms with Gasteiger partial charge >= 0.3 is 0 Å². The van der Waals surface area contributed by atoms with Crippen LogP contribution in [0, 0.1) is 0 Å². The highest BCUT2D eigenvalue weighted by Crippen LogP contribution is 2.22. The van der Waals surface area contributed by atoms with Gasteiger partial charge in [-0.25, -0.2) is 13.8 Å². The number of phenolic OH excluding ortho intramolecular Hbond substituents is 1. The number of sulfonamides is 1. The Balaban J connectivity index is 1.76. The van der Waals surface area contributed by atoms with Crippen LogP contribution in [0.4, 0.5) is 5.69 Å². The molecule has 9 heteroatoms. The first-order chi connectivity index (χ1) is 13.0. The van der Waals surface area contributed by atoms with E-state index in [1.54, 1.807) is 35.7 Å². The van der Waals surface area contributed by atoms with Crippen molar-refractivity contribution in [3.8, 4) is 5.75 Å². The summed E-state index contributed by atoms with van der Waals surface area (Å²) in [7, 11) is -3.77. The summed E-state index contributed by atoms with van der Waals surface area (Å²) in [5.74, 6) is -0.491. The lowest BCUT2D eigenvalue weighted by molar-refractivity contribution is 0.0956. The molecule has 7 nitrogen and oxygen atoms in total. The molecule has 27 heavy (non-hydrogen) atoms. The maximum Gasteiger partial charge on any atom is 0.273 e. The van der Waals surface area contributed by atoms with Crippen molar-refractivity contribution in [3.05, 3.63) is 77.2 Å². The SMILES string of the molecule is O=C(N/N=C\c1cccc(O)c1)c1ccccc1NS(=O)(=O)c1cccs1. The molecule has 2 aromatic carbocycles. The van der Waals surface area contributed by atoms with Gasteiger partial charge in [-0.1, -0.05) is 30.3 Å². The Labute approximate surface area is 160 Å². The number of carbonyl (C=O) groups is 1. The van der Waals surface area contributed by atoms with Crippen LogP contribution in [-0.4, -0.2) is 25.6 Å². The highest BCUT2D eigenvalue weighted by atomic mass is 32.2. The van der Waals surface area contributed by atoms with Crippen molar-refractivity contribution in [2.45, 2.75) is 4.21 Å². The second-order valence-corrected chi connectivity index (χ2v) is 8.23. The summed E-state index contributed by atoms with van der Waals surface area (Å²) in [5, 5.41) is 14.9. The van der Waals surface area contributed by atoms with E-state index in [2.05, 4.69) is 15.2 Å². The van der Waals surface area contributed by atoms with Gasteiger partial charge in [0.2, 0.25) is 0 Å². The predicted molar refractivity (Wildman–Crippen MR) is 105 cm³/mol. The van der Waals surface area contributed by atoms with E-state index in [0.717, 1.165) is 11.3 Å². The lowest BCUT2D eigenvalue weighted by Gasteiger charge is -2.10. The number of hydrazone groups is 1. The molecule has 0 bridgehead atoms. The Bertz CT molecular complexity index is 1080. The fourth-order valence-corrected chi connectivity index (χ4v) is 4.28. The lowest BCUT2D eigenvalue weighted by atomic mass is 10.2. The van der Waals surface area contributed by atoms with Crippen LogP contribution >= 0.6 is 11.3 Å². The first-order valence-electron chi connectivity index (χ1n) is 7.73. The fourth-order valence-electron chi connectivity index (χ4n) is 2.21. The number of hydrogen-bond acceptors (Lipinski definition) is 6. The molecule has 3 N–H and O–H groups in total. The Morgan fingerprint density at radius 2 is 1.89 bits per heavy atom. The van der Waals surface area contributed by atoms with Gasteiger partial charge in [-0.05, 0) is 41.3 Å². The Hall–Kier alpha value is -3.17. The molecule has 3 rings (SSSR count). The van der Waals surface area contributed by atoms with Crippen LogP contribution in [0.3, 0.4) is 0 Å². The van der Waals surface area contributed by atoms with E-state index in [4.69, 9.17) is 0 Å². The van der Waals surface area contributed by atoms with Crippen LogP contribution in [0.5, 0.6) is 5.75 Å². The summed E-state index contributed by atoms with van der Waals surface area (Å²) < 4.78 is 27.3. The van der Waals surface area contributed by atoms with Gasteiger partial charge in [0.05, 0.1) is 17.5 Å². The van der Waals surface area contributed by atoms with Crippen molar-refractivity contribution in [1.29, 1.82) is 0 Å². The standard InChI is InChI=1S/C18H15N3O4S2/c22-14-6-3-5-13(11-14)12-19-20-18(23)15-7-1-2-8-16(15)21-27(24,25)17-9-4-10-26-17/h1-12,21-22H,(H,20,23)/b19-12-. The largest absolute Gasteiger partial charge is 0.508 e. The number of phenols is 1. The normalized spacial score (nSPS) is 11.4. The van der Waals surface area contributed by atoms with E-state index < -0.39 is 15.9 Å². The minimum atomic E-state index is -3.77. The lowest BCUT2D eigenvalue weighted by Crippen LogP contribution is -2.21. The van der Waals surface area contributed by atoms with Gasteiger partial charge in [0.15, 0.2) is 0 Å². The third kappa shape index (κ3) is 4.72. The van der Waals surface area contributed by atoms with E-state index in [0.29, 0.717) is 5.56 Å². The number of thiophene rings is 1. The number of hydrogen-bond donors (Lipinski definition) is 3. The zero-order chi connectivity index (χ0) is 19.3. The maximum atomic E-state index is 12.4. The fraction of sp³-hybridized carbons (Fsp3) is 0. The Morgan fingerprint density at radius 3 is 2.63 bits per heavy atom. The molecule has 0 radical (unpaired) electrons. The van der Waals surface area contributed by atoms with Gasteiger partial charge < -0.3 is 5.11 Å². The second kappa shape index (κ2) is 8.02. The molecule has 1 heterocycles. The molecule has 0 atom stereocenters. The van der Waals surface area contributed by atoms with Crippen molar-refractivity contribution in [2.75, 3.05) is 4.72 Å². The molecule has 0 saturated carbocycles. The predicted octanol–water partition coefficient (Wildman–Crippen LogP) is 3.02. The molecule has 1 amide bonds. The van der Waals surface area contributed by atoms with Gasteiger partial charge in [0.25, 0.3) is 15.9 Å². The van der Waals surface area contributed by atoms with E-state index in [1.165, 1.54) is 36.5 Å².